The van der Waals surface area contributed by atoms with Crippen molar-refractivity contribution in [3.05, 3.63) is 0 Å². The van der Waals surface area contributed by atoms with Gasteiger partial charge in [0.1, 0.15) is 0 Å². The Hall–Kier alpha value is 0.799. The Bertz CT molecular complexity index is 110. The van der Waals surface area contributed by atoms with Crippen LogP contribution in [-0.4, -0.2) is 21.1 Å². The summed E-state index contributed by atoms with van der Waals surface area (Å²) in [5.74, 6) is 0. The Morgan fingerprint density at radius 2 is 1.07 bits per heavy atom. The van der Waals surface area contributed by atoms with Gasteiger partial charge >= 0.3 is 108 Å². The van der Waals surface area contributed by atoms with E-state index in [1.54, 1.807) is 19.3 Å². The van der Waals surface area contributed by atoms with E-state index in [2.05, 4.69) is 25.7 Å². The summed E-state index contributed by atoms with van der Waals surface area (Å²) in [5, 5.41) is 0. The van der Waals surface area contributed by atoms with Crippen molar-refractivity contribution in [3.63, 3.8) is 0 Å². The number of rotatable bonds is 10. The molecule has 90 valence electrons. The van der Waals surface area contributed by atoms with Crippen LogP contribution in [0.25, 0.3) is 0 Å². The molecule has 0 heterocycles. The Morgan fingerprint density at radius 1 is 0.733 bits per heavy atom. The normalized spacial score (nSPS) is 12.0. The molecule has 0 aliphatic carbocycles. The van der Waals surface area contributed by atoms with Gasteiger partial charge in [0.05, 0.1) is 0 Å². The van der Waals surface area contributed by atoms with Gasteiger partial charge < -0.3 is 0 Å². The second-order valence-electron chi connectivity index (χ2n) is 4.84. The van der Waals surface area contributed by atoms with Crippen molar-refractivity contribution in [1.82, 2.24) is 0 Å². The average molecular weight is 317 g/mol. The predicted molar refractivity (Wildman–Crippen MR) is 72.9 cm³/mol. The van der Waals surface area contributed by atoms with Crippen molar-refractivity contribution in [1.29, 1.82) is 0 Å². The van der Waals surface area contributed by atoms with Crippen LogP contribution in [0.3, 0.4) is 0 Å². The van der Waals surface area contributed by atoms with Gasteiger partial charge in [-0.2, -0.15) is 0 Å². The van der Waals surface area contributed by atoms with Crippen molar-refractivity contribution in [3.8, 4) is 0 Å². The molecule has 1 heteroatoms. The average Bonchev–Trinajstić information content (AvgIpc) is 2.29. The van der Waals surface area contributed by atoms with Crippen LogP contribution in [0.5, 0.6) is 0 Å². The Morgan fingerprint density at radius 3 is 1.27 bits per heavy atom. The van der Waals surface area contributed by atoms with Gasteiger partial charge in [-0.05, 0) is 0 Å². The van der Waals surface area contributed by atoms with E-state index in [4.69, 9.17) is 0 Å². The topological polar surface area (TPSA) is 0 Å². The third-order valence-electron chi connectivity index (χ3n) is 3.56. The SMILES string of the molecule is CCCC[C](CCCC)(CCCC)[Sn][CH3]. The van der Waals surface area contributed by atoms with Crippen molar-refractivity contribution >= 4 is 21.1 Å². The van der Waals surface area contributed by atoms with Crippen LogP contribution in [-0.2, 0) is 0 Å². The fourth-order valence-electron chi connectivity index (χ4n) is 2.30. The van der Waals surface area contributed by atoms with Gasteiger partial charge in [-0.15, -0.1) is 0 Å². The number of hydrogen-bond acceptors (Lipinski definition) is 0. The van der Waals surface area contributed by atoms with Crippen LogP contribution in [0.1, 0.15) is 78.6 Å². The summed E-state index contributed by atoms with van der Waals surface area (Å²) in [5.41, 5.74) is 0. The molecule has 0 unspecified atom stereocenters. The molecule has 0 spiro atoms. The molecule has 0 nitrogen and oxygen atoms in total. The Labute approximate surface area is 108 Å². The third kappa shape index (κ3) is 6.86. The first-order chi connectivity index (χ1) is 7.24. The summed E-state index contributed by atoms with van der Waals surface area (Å²) < 4.78 is 0.866. The zero-order valence-corrected chi connectivity index (χ0v) is 14.2. The Balaban J connectivity index is 4.16. The minimum absolute atomic E-state index is 0.117. The van der Waals surface area contributed by atoms with Crippen LogP contribution in [0.2, 0.25) is 8.37 Å². The molecule has 0 saturated carbocycles. The molecule has 0 aliphatic heterocycles. The molecule has 0 amide bonds. The summed E-state index contributed by atoms with van der Waals surface area (Å²) in [4.78, 5) is 2.57. The second kappa shape index (κ2) is 9.99. The quantitative estimate of drug-likeness (QED) is 0.469. The summed E-state index contributed by atoms with van der Waals surface area (Å²) in [7, 11) is 0. The molecule has 0 aromatic carbocycles. The predicted octanol–water partition coefficient (Wildman–Crippen LogP) is 5.47. The summed E-state index contributed by atoms with van der Waals surface area (Å²) >= 11 is -0.117. The van der Waals surface area contributed by atoms with E-state index in [0.717, 1.165) is 3.43 Å². The van der Waals surface area contributed by atoms with Crippen LogP contribution in [0.4, 0.5) is 0 Å². The fourth-order valence-corrected chi connectivity index (χ4v) is 5.95. The summed E-state index contributed by atoms with van der Waals surface area (Å²) in [6.45, 7) is 7.02. The van der Waals surface area contributed by atoms with Gasteiger partial charge in [-0.1, -0.05) is 0 Å². The van der Waals surface area contributed by atoms with Crippen LogP contribution >= 0.6 is 0 Å². The van der Waals surface area contributed by atoms with E-state index >= 15 is 0 Å². The first-order valence-electron chi connectivity index (χ1n) is 6.93. The van der Waals surface area contributed by atoms with Crippen molar-refractivity contribution in [2.45, 2.75) is 86.9 Å². The third-order valence-corrected chi connectivity index (χ3v) is 8.72. The zero-order valence-electron chi connectivity index (χ0n) is 11.4. The summed E-state index contributed by atoms with van der Waals surface area (Å²) in [6.07, 6.45) is 13.2. The standard InChI is InChI=1S/C13H27.CH3.Sn/c1-4-7-10-13(11-8-5-2)12-9-6-3;;/h4-12H2,1-3H3;1H3;. The molecule has 0 aromatic rings. The molecule has 2 radical (unpaired) electrons. The molecule has 0 bridgehead atoms. The maximum atomic E-state index is 2.57. The van der Waals surface area contributed by atoms with E-state index in [-0.39, 0.29) is 21.1 Å². The van der Waals surface area contributed by atoms with Gasteiger partial charge in [0, 0.05) is 0 Å². The molecule has 0 saturated heterocycles. The van der Waals surface area contributed by atoms with Crippen LogP contribution < -0.4 is 0 Å². The van der Waals surface area contributed by atoms with E-state index in [1.165, 1.54) is 38.5 Å². The number of hydrogen-bond donors (Lipinski definition) is 0. The molecular formula is C14H30Sn. The van der Waals surface area contributed by atoms with Crippen molar-refractivity contribution < 1.29 is 0 Å². The first-order valence-corrected chi connectivity index (χ1v) is 11.2. The van der Waals surface area contributed by atoms with Gasteiger partial charge in [0.2, 0.25) is 0 Å². The molecular weight excluding hydrogens is 287 g/mol. The molecule has 0 rings (SSSR count). The van der Waals surface area contributed by atoms with Gasteiger partial charge in [0.15, 0.2) is 0 Å². The molecule has 15 heavy (non-hydrogen) atoms. The minimum atomic E-state index is -0.117. The van der Waals surface area contributed by atoms with E-state index in [9.17, 15) is 0 Å². The first kappa shape index (κ1) is 15.8. The zero-order chi connectivity index (χ0) is 11.6. The summed E-state index contributed by atoms with van der Waals surface area (Å²) in [6, 6.07) is 0. The molecule has 0 atom stereocenters. The second-order valence-corrected chi connectivity index (χ2v) is 9.30. The monoisotopic (exact) mass is 318 g/mol. The van der Waals surface area contributed by atoms with Crippen molar-refractivity contribution in [2.24, 2.45) is 0 Å². The molecule has 0 aromatic heterocycles. The van der Waals surface area contributed by atoms with Gasteiger partial charge in [0.25, 0.3) is 0 Å². The van der Waals surface area contributed by atoms with E-state index in [0.29, 0.717) is 0 Å². The maximum absolute atomic E-state index is 2.57. The van der Waals surface area contributed by atoms with Crippen LogP contribution in [0.15, 0.2) is 0 Å². The molecule has 0 fully saturated rings. The molecule has 0 N–H and O–H groups in total. The van der Waals surface area contributed by atoms with Gasteiger partial charge in [-0.25, -0.2) is 0 Å². The van der Waals surface area contributed by atoms with Gasteiger partial charge in [-0.3, -0.25) is 0 Å². The Kier molecular flexibility index (Phi) is 10.5. The number of unbranched alkanes of at least 4 members (excludes halogenated alkanes) is 3. The van der Waals surface area contributed by atoms with Crippen molar-refractivity contribution in [2.75, 3.05) is 0 Å². The fraction of sp³-hybridized carbons (Fsp3) is 1.00. The molecule has 0 aliphatic rings. The van der Waals surface area contributed by atoms with E-state index in [1.807, 2.05) is 0 Å². The van der Waals surface area contributed by atoms with E-state index < -0.39 is 0 Å². The van der Waals surface area contributed by atoms with Crippen LogP contribution in [0, 0.1) is 0 Å².